The zero-order valence-electron chi connectivity index (χ0n) is 16.5. The van der Waals surface area contributed by atoms with E-state index in [1.807, 2.05) is 30.3 Å². The normalized spacial score (nSPS) is 12.2. The molecule has 30 heavy (non-hydrogen) atoms. The van der Waals surface area contributed by atoms with Gasteiger partial charge in [-0.1, -0.05) is 49.4 Å². The van der Waals surface area contributed by atoms with Crippen molar-refractivity contribution in [2.45, 2.75) is 24.2 Å². The van der Waals surface area contributed by atoms with Gasteiger partial charge in [0, 0.05) is 12.2 Å². The SMILES string of the molecule is C[C@@H](CNC(=O)Cc1ccc(NS(=O)(=O)c2ccc(F)cc2)cc1)c1ccccc1. The van der Waals surface area contributed by atoms with E-state index in [0.29, 0.717) is 12.2 Å². The van der Waals surface area contributed by atoms with E-state index in [2.05, 4.69) is 17.0 Å². The van der Waals surface area contributed by atoms with E-state index >= 15 is 0 Å². The van der Waals surface area contributed by atoms with Crippen LogP contribution in [0.25, 0.3) is 0 Å². The van der Waals surface area contributed by atoms with Crippen LogP contribution in [0.5, 0.6) is 0 Å². The summed E-state index contributed by atoms with van der Waals surface area (Å²) in [6.07, 6.45) is 0.201. The van der Waals surface area contributed by atoms with Crippen LogP contribution in [0.1, 0.15) is 24.0 Å². The summed E-state index contributed by atoms with van der Waals surface area (Å²) in [6.45, 7) is 2.59. The minimum Gasteiger partial charge on any atom is -0.355 e. The Morgan fingerprint density at radius 2 is 1.57 bits per heavy atom. The highest BCUT2D eigenvalue weighted by Crippen LogP contribution is 2.17. The zero-order valence-corrected chi connectivity index (χ0v) is 17.3. The summed E-state index contributed by atoms with van der Waals surface area (Å²) in [5.74, 6) is -0.398. The van der Waals surface area contributed by atoms with Crippen molar-refractivity contribution in [3.63, 3.8) is 0 Å². The van der Waals surface area contributed by atoms with Crippen LogP contribution in [0.3, 0.4) is 0 Å². The molecule has 0 aliphatic carbocycles. The molecular formula is C23H23FN2O3S. The highest BCUT2D eigenvalue weighted by molar-refractivity contribution is 7.92. The fourth-order valence-corrected chi connectivity index (χ4v) is 3.99. The lowest BCUT2D eigenvalue weighted by Gasteiger charge is -2.13. The number of anilines is 1. The Kier molecular flexibility index (Phi) is 6.84. The molecule has 0 saturated carbocycles. The molecule has 1 atom stereocenters. The van der Waals surface area contributed by atoms with Gasteiger partial charge in [0.15, 0.2) is 0 Å². The third-order valence-corrected chi connectivity index (χ3v) is 6.07. The predicted octanol–water partition coefficient (Wildman–Crippen LogP) is 4.09. The summed E-state index contributed by atoms with van der Waals surface area (Å²) in [7, 11) is -3.81. The van der Waals surface area contributed by atoms with Crippen molar-refractivity contribution in [3.05, 3.63) is 95.8 Å². The van der Waals surface area contributed by atoms with Crippen LogP contribution in [0.4, 0.5) is 10.1 Å². The predicted molar refractivity (Wildman–Crippen MR) is 115 cm³/mol. The second-order valence-electron chi connectivity index (χ2n) is 7.05. The molecule has 156 valence electrons. The lowest BCUT2D eigenvalue weighted by molar-refractivity contribution is -0.120. The maximum atomic E-state index is 13.0. The monoisotopic (exact) mass is 426 g/mol. The Labute approximate surface area is 176 Å². The van der Waals surface area contributed by atoms with Gasteiger partial charge in [-0.3, -0.25) is 9.52 Å². The molecule has 0 radical (unpaired) electrons. The quantitative estimate of drug-likeness (QED) is 0.570. The van der Waals surface area contributed by atoms with E-state index in [9.17, 15) is 17.6 Å². The number of sulfonamides is 1. The summed E-state index contributed by atoms with van der Waals surface area (Å²) in [4.78, 5) is 12.2. The fraction of sp³-hybridized carbons (Fsp3) is 0.174. The number of halogens is 1. The van der Waals surface area contributed by atoms with Crippen LogP contribution in [0.15, 0.2) is 83.8 Å². The van der Waals surface area contributed by atoms with Crippen molar-refractivity contribution in [2.24, 2.45) is 0 Å². The molecule has 0 unspecified atom stereocenters. The number of amides is 1. The van der Waals surface area contributed by atoms with Gasteiger partial charge in [0.05, 0.1) is 11.3 Å². The molecule has 0 aliphatic heterocycles. The second kappa shape index (κ2) is 9.54. The molecular weight excluding hydrogens is 403 g/mol. The average Bonchev–Trinajstić information content (AvgIpc) is 2.74. The number of benzene rings is 3. The molecule has 3 aromatic rings. The molecule has 0 fully saturated rings. The number of hydrogen-bond acceptors (Lipinski definition) is 3. The molecule has 5 nitrogen and oxygen atoms in total. The highest BCUT2D eigenvalue weighted by atomic mass is 32.2. The molecule has 0 spiro atoms. The van der Waals surface area contributed by atoms with Crippen molar-refractivity contribution in [3.8, 4) is 0 Å². The van der Waals surface area contributed by atoms with E-state index in [-0.39, 0.29) is 23.1 Å². The van der Waals surface area contributed by atoms with E-state index < -0.39 is 15.8 Å². The Bertz CT molecular complexity index is 1080. The molecule has 3 aromatic carbocycles. The largest absolute Gasteiger partial charge is 0.355 e. The van der Waals surface area contributed by atoms with Gasteiger partial charge in [0.2, 0.25) is 5.91 Å². The molecule has 1 amide bonds. The van der Waals surface area contributed by atoms with Crippen LogP contribution >= 0.6 is 0 Å². The van der Waals surface area contributed by atoms with Crippen LogP contribution in [0.2, 0.25) is 0 Å². The standard InChI is InChI=1S/C23H23FN2O3S/c1-17(19-5-3-2-4-6-19)16-25-23(27)15-18-7-11-21(12-8-18)26-30(28,29)22-13-9-20(24)10-14-22/h2-14,17,26H,15-16H2,1H3,(H,25,27)/t17-/m0/s1. The first-order chi connectivity index (χ1) is 14.3. The van der Waals surface area contributed by atoms with Gasteiger partial charge in [-0.05, 0) is 53.4 Å². The minimum absolute atomic E-state index is 0.0279. The van der Waals surface area contributed by atoms with E-state index in [1.54, 1.807) is 24.3 Å². The molecule has 7 heteroatoms. The van der Waals surface area contributed by atoms with Crippen LogP contribution in [-0.2, 0) is 21.2 Å². The minimum atomic E-state index is -3.81. The summed E-state index contributed by atoms with van der Waals surface area (Å²) in [5.41, 5.74) is 2.29. The Morgan fingerprint density at radius 3 is 2.20 bits per heavy atom. The van der Waals surface area contributed by atoms with Gasteiger partial charge in [0.1, 0.15) is 5.82 Å². The lowest BCUT2D eigenvalue weighted by atomic mass is 10.0. The second-order valence-corrected chi connectivity index (χ2v) is 8.73. The van der Waals surface area contributed by atoms with Gasteiger partial charge < -0.3 is 5.32 Å². The summed E-state index contributed by atoms with van der Waals surface area (Å²) in [6, 6.07) is 21.1. The van der Waals surface area contributed by atoms with Crippen molar-refractivity contribution in [1.29, 1.82) is 0 Å². The third-order valence-electron chi connectivity index (χ3n) is 4.67. The van der Waals surface area contributed by atoms with Crippen molar-refractivity contribution in [2.75, 3.05) is 11.3 Å². The molecule has 2 N–H and O–H groups in total. The van der Waals surface area contributed by atoms with Gasteiger partial charge in [0.25, 0.3) is 10.0 Å². The molecule has 0 saturated heterocycles. The van der Waals surface area contributed by atoms with E-state index in [0.717, 1.165) is 23.3 Å². The Morgan fingerprint density at radius 1 is 0.933 bits per heavy atom. The molecule has 0 aromatic heterocycles. The molecule has 3 rings (SSSR count). The summed E-state index contributed by atoms with van der Waals surface area (Å²) in [5, 5.41) is 2.93. The molecule has 0 heterocycles. The first kappa shape index (κ1) is 21.5. The maximum absolute atomic E-state index is 13.0. The van der Waals surface area contributed by atoms with Crippen molar-refractivity contribution >= 4 is 21.6 Å². The number of carbonyl (C=O) groups excluding carboxylic acids is 1. The molecule has 0 aliphatic rings. The van der Waals surface area contributed by atoms with Crippen LogP contribution < -0.4 is 10.0 Å². The van der Waals surface area contributed by atoms with E-state index in [1.165, 1.54) is 12.1 Å². The Hall–Kier alpha value is -3.19. The molecule has 0 bridgehead atoms. The van der Waals surface area contributed by atoms with Crippen molar-refractivity contribution in [1.82, 2.24) is 5.32 Å². The van der Waals surface area contributed by atoms with Crippen LogP contribution in [0, 0.1) is 5.82 Å². The topological polar surface area (TPSA) is 75.3 Å². The summed E-state index contributed by atoms with van der Waals surface area (Å²) < 4.78 is 40.1. The average molecular weight is 427 g/mol. The Balaban J connectivity index is 1.54. The van der Waals surface area contributed by atoms with Crippen LogP contribution in [-0.4, -0.2) is 20.9 Å². The van der Waals surface area contributed by atoms with Gasteiger partial charge in [-0.15, -0.1) is 0 Å². The van der Waals surface area contributed by atoms with Gasteiger partial charge in [-0.2, -0.15) is 0 Å². The first-order valence-electron chi connectivity index (χ1n) is 9.52. The highest BCUT2D eigenvalue weighted by Gasteiger charge is 2.14. The number of hydrogen-bond donors (Lipinski definition) is 2. The third kappa shape index (κ3) is 5.90. The van der Waals surface area contributed by atoms with E-state index in [4.69, 9.17) is 0 Å². The fourth-order valence-electron chi connectivity index (χ4n) is 2.93. The lowest BCUT2D eigenvalue weighted by Crippen LogP contribution is -2.28. The number of carbonyl (C=O) groups is 1. The maximum Gasteiger partial charge on any atom is 0.261 e. The van der Waals surface area contributed by atoms with Gasteiger partial charge in [-0.25, -0.2) is 12.8 Å². The first-order valence-corrected chi connectivity index (χ1v) is 11.0. The zero-order chi connectivity index (χ0) is 21.6. The van der Waals surface area contributed by atoms with Crippen molar-refractivity contribution < 1.29 is 17.6 Å². The number of nitrogens with one attached hydrogen (secondary N) is 2. The van der Waals surface area contributed by atoms with Gasteiger partial charge >= 0.3 is 0 Å². The number of rotatable bonds is 8. The summed E-state index contributed by atoms with van der Waals surface area (Å²) >= 11 is 0. The smallest absolute Gasteiger partial charge is 0.261 e.